The fourth-order valence-corrected chi connectivity index (χ4v) is 3.75. The van der Waals surface area contributed by atoms with E-state index in [4.69, 9.17) is 13.8 Å². The lowest BCUT2D eigenvalue weighted by Gasteiger charge is -2.34. The van der Waals surface area contributed by atoms with E-state index in [0.717, 1.165) is 10.0 Å². The smallest absolute Gasteiger partial charge is 0.410 e. The third-order valence-corrected chi connectivity index (χ3v) is 5.87. The minimum atomic E-state index is -0.437. The van der Waals surface area contributed by atoms with Crippen molar-refractivity contribution in [2.75, 3.05) is 26.2 Å². The Kier molecular flexibility index (Phi) is 6.59. The number of carbonyl (C=O) groups is 2. The van der Waals surface area contributed by atoms with Gasteiger partial charge >= 0.3 is 6.09 Å². The van der Waals surface area contributed by atoms with Gasteiger partial charge in [-0.05, 0) is 31.5 Å². The monoisotopic (exact) mass is 502 g/mol. The number of aryl methyl sites for hydroxylation is 2. The Morgan fingerprint density at radius 3 is 2.38 bits per heavy atom. The number of piperazine rings is 1. The summed E-state index contributed by atoms with van der Waals surface area (Å²) >= 11 is 3.39. The maximum atomic E-state index is 12.6. The van der Waals surface area contributed by atoms with Gasteiger partial charge in [0.05, 0.1) is 17.7 Å². The fraction of sp³-hybridized carbons (Fsp3) is 0.364. The average Bonchev–Trinajstić information content (AvgIpc) is 3.38. The van der Waals surface area contributed by atoms with Gasteiger partial charge in [-0.1, -0.05) is 38.4 Å². The molecule has 1 aromatic carbocycles. The number of benzene rings is 1. The van der Waals surface area contributed by atoms with E-state index in [-0.39, 0.29) is 12.5 Å². The van der Waals surface area contributed by atoms with Crippen LogP contribution in [-0.4, -0.2) is 58.3 Å². The number of rotatable bonds is 5. The summed E-state index contributed by atoms with van der Waals surface area (Å²) in [6.45, 7) is 5.35. The van der Waals surface area contributed by atoms with Gasteiger partial charge in [0.15, 0.2) is 11.5 Å². The molecule has 1 aliphatic heterocycles. The SMILES string of the molecule is Cc1cc(-c2onc(C)c2COC(=O)N2CCN(C(=O)Cc3ccc(Br)cc3)CC2)no1. The molecule has 9 nitrogen and oxygen atoms in total. The molecule has 0 aliphatic carbocycles. The van der Waals surface area contributed by atoms with Gasteiger partial charge in [-0.15, -0.1) is 0 Å². The van der Waals surface area contributed by atoms with Crippen LogP contribution >= 0.6 is 15.9 Å². The van der Waals surface area contributed by atoms with Gasteiger partial charge in [-0.3, -0.25) is 4.79 Å². The van der Waals surface area contributed by atoms with Gasteiger partial charge in [0.2, 0.25) is 5.91 Å². The maximum Gasteiger partial charge on any atom is 0.410 e. The molecule has 0 radical (unpaired) electrons. The Bertz CT molecular complexity index is 1100. The van der Waals surface area contributed by atoms with Crippen LogP contribution in [0.25, 0.3) is 11.5 Å². The highest BCUT2D eigenvalue weighted by Gasteiger charge is 2.26. The quantitative estimate of drug-likeness (QED) is 0.523. The Morgan fingerprint density at radius 2 is 1.72 bits per heavy atom. The van der Waals surface area contributed by atoms with Gasteiger partial charge < -0.3 is 23.6 Å². The Balaban J connectivity index is 1.29. The van der Waals surface area contributed by atoms with Gasteiger partial charge in [0.25, 0.3) is 0 Å². The molecule has 1 aliphatic rings. The summed E-state index contributed by atoms with van der Waals surface area (Å²) in [5, 5.41) is 7.89. The molecule has 0 saturated carbocycles. The average molecular weight is 503 g/mol. The van der Waals surface area contributed by atoms with E-state index in [1.165, 1.54) is 0 Å². The zero-order valence-electron chi connectivity index (χ0n) is 17.8. The number of amides is 2. The van der Waals surface area contributed by atoms with Crippen molar-refractivity contribution in [3.8, 4) is 11.5 Å². The Labute approximate surface area is 193 Å². The number of nitrogens with zero attached hydrogens (tertiary/aromatic N) is 4. The largest absolute Gasteiger partial charge is 0.444 e. The Morgan fingerprint density at radius 1 is 1.03 bits per heavy atom. The topological polar surface area (TPSA) is 102 Å². The summed E-state index contributed by atoms with van der Waals surface area (Å²) in [5.41, 5.74) is 2.74. The van der Waals surface area contributed by atoms with Crippen molar-refractivity contribution in [2.45, 2.75) is 26.9 Å². The van der Waals surface area contributed by atoms with Crippen LogP contribution in [0.1, 0.15) is 22.6 Å². The zero-order valence-corrected chi connectivity index (χ0v) is 19.4. The van der Waals surface area contributed by atoms with Gasteiger partial charge in [0.1, 0.15) is 12.4 Å². The van der Waals surface area contributed by atoms with Crippen LogP contribution in [0.3, 0.4) is 0 Å². The van der Waals surface area contributed by atoms with Gasteiger partial charge in [-0.25, -0.2) is 4.79 Å². The van der Waals surface area contributed by atoms with Crippen molar-refractivity contribution in [2.24, 2.45) is 0 Å². The molecular formula is C22H23BrN4O5. The first-order valence-corrected chi connectivity index (χ1v) is 11.0. The number of ether oxygens (including phenoxy) is 1. The molecule has 1 fully saturated rings. The molecule has 1 saturated heterocycles. The predicted molar refractivity (Wildman–Crippen MR) is 118 cm³/mol. The second-order valence-electron chi connectivity index (χ2n) is 7.62. The highest BCUT2D eigenvalue weighted by atomic mass is 79.9. The van der Waals surface area contributed by atoms with Crippen LogP contribution in [-0.2, 0) is 22.6 Å². The first-order chi connectivity index (χ1) is 15.4. The number of halogens is 1. The van der Waals surface area contributed by atoms with Crippen LogP contribution in [0.4, 0.5) is 4.79 Å². The zero-order chi connectivity index (χ0) is 22.7. The molecule has 4 rings (SSSR count). The highest BCUT2D eigenvalue weighted by molar-refractivity contribution is 9.10. The molecule has 32 heavy (non-hydrogen) atoms. The van der Waals surface area contributed by atoms with Crippen molar-refractivity contribution in [3.05, 3.63) is 57.4 Å². The second-order valence-corrected chi connectivity index (χ2v) is 8.54. The van der Waals surface area contributed by atoms with E-state index in [1.807, 2.05) is 24.3 Å². The molecule has 168 valence electrons. The Hall–Kier alpha value is -3.14. The molecule has 0 unspecified atom stereocenters. The fourth-order valence-electron chi connectivity index (χ4n) is 3.49. The number of hydrogen-bond acceptors (Lipinski definition) is 7. The van der Waals surface area contributed by atoms with Gasteiger partial charge in [-0.2, -0.15) is 0 Å². The summed E-state index contributed by atoms with van der Waals surface area (Å²) in [7, 11) is 0. The first-order valence-electron chi connectivity index (χ1n) is 10.2. The van der Waals surface area contributed by atoms with Crippen molar-refractivity contribution < 1.29 is 23.4 Å². The van der Waals surface area contributed by atoms with E-state index in [0.29, 0.717) is 61.1 Å². The van der Waals surface area contributed by atoms with Crippen molar-refractivity contribution in [3.63, 3.8) is 0 Å². The summed E-state index contributed by atoms with van der Waals surface area (Å²) < 4.78 is 16.9. The number of hydrogen-bond donors (Lipinski definition) is 0. The minimum absolute atomic E-state index is 0.0120. The lowest BCUT2D eigenvalue weighted by molar-refractivity contribution is -0.132. The standard InChI is InChI=1S/C22H23BrN4O5/c1-14-11-19(25-31-14)21-18(15(2)24-32-21)13-30-22(29)27-9-7-26(8-10-27)20(28)12-16-3-5-17(23)6-4-16/h3-6,11H,7-10,12-13H2,1-2H3. The summed E-state index contributed by atoms with van der Waals surface area (Å²) in [6, 6.07) is 9.43. The van der Waals surface area contributed by atoms with Crippen LogP contribution in [0.5, 0.6) is 0 Å². The lowest BCUT2D eigenvalue weighted by atomic mass is 10.1. The van der Waals surface area contributed by atoms with E-state index in [2.05, 4.69) is 26.2 Å². The van der Waals surface area contributed by atoms with Gasteiger partial charge in [0, 0.05) is 36.7 Å². The van der Waals surface area contributed by atoms with E-state index in [9.17, 15) is 9.59 Å². The first kappa shape index (κ1) is 22.1. The third kappa shape index (κ3) is 5.01. The maximum absolute atomic E-state index is 12.6. The van der Waals surface area contributed by atoms with E-state index in [1.54, 1.807) is 29.7 Å². The highest BCUT2D eigenvalue weighted by Crippen LogP contribution is 2.26. The molecule has 3 aromatic rings. The normalized spacial score (nSPS) is 14.0. The van der Waals surface area contributed by atoms with E-state index < -0.39 is 6.09 Å². The predicted octanol–water partition coefficient (Wildman–Crippen LogP) is 3.73. The second kappa shape index (κ2) is 9.56. The molecular weight excluding hydrogens is 480 g/mol. The number of carbonyl (C=O) groups excluding carboxylic acids is 2. The summed E-state index contributed by atoms with van der Waals surface area (Å²) in [6.07, 6.45) is -0.0951. The van der Waals surface area contributed by atoms with Crippen molar-refractivity contribution >= 4 is 27.9 Å². The van der Waals surface area contributed by atoms with Crippen LogP contribution in [0.15, 0.2) is 43.9 Å². The molecule has 3 heterocycles. The lowest BCUT2D eigenvalue weighted by Crippen LogP contribution is -2.51. The molecule has 0 spiro atoms. The summed E-state index contributed by atoms with van der Waals surface area (Å²) in [5.74, 6) is 1.12. The molecule has 0 bridgehead atoms. The molecule has 10 heteroatoms. The molecule has 0 atom stereocenters. The van der Waals surface area contributed by atoms with Crippen molar-refractivity contribution in [1.82, 2.24) is 20.1 Å². The third-order valence-electron chi connectivity index (χ3n) is 5.34. The molecule has 0 N–H and O–H groups in total. The van der Waals surface area contributed by atoms with Crippen molar-refractivity contribution in [1.29, 1.82) is 0 Å². The van der Waals surface area contributed by atoms with E-state index >= 15 is 0 Å². The van der Waals surface area contributed by atoms with Crippen LogP contribution in [0.2, 0.25) is 0 Å². The molecule has 2 aromatic heterocycles. The summed E-state index contributed by atoms with van der Waals surface area (Å²) in [4.78, 5) is 28.5. The molecule has 2 amide bonds. The number of aromatic nitrogens is 2. The van der Waals surface area contributed by atoms with Crippen LogP contribution < -0.4 is 0 Å². The van der Waals surface area contributed by atoms with Crippen LogP contribution in [0, 0.1) is 13.8 Å². The minimum Gasteiger partial charge on any atom is -0.444 e.